The minimum atomic E-state index is -0.695. The van der Waals surface area contributed by atoms with E-state index in [0.717, 1.165) is 24.5 Å². The summed E-state index contributed by atoms with van der Waals surface area (Å²) >= 11 is 1.90. The lowest BCUT2D eigenvalue weighted by molar-refractivity contribution is -0.145. The molecule has 0 aromatic heterocycles. The van der Waals surface area contributed by atoms with Crippen LogP contribution in [-0.2, 0) is 4.79 Å². The molecule has 0 aliphatic heterocycles. The summed E-state index contributed by atoms with van der Waals surface area (Å²) in [4.78, 5) is 11.9. The first-order valence-electron chi connectivity index (χ1n) is 8.06. The summed E-state index contributed by atoms with van der Waals surface area (Å²) < 4.78 is 0. The molecule has 3 atom stereocenters. The molecular formula is C16H29NO2S. The summed E-state index contributed by atoms with van der Waals surface area (Å²) in [6, 6.07) is 0.220. The van der Waals surface area contributed by atoms with Crippen LogP contribution in [0.25, 0.3) is 0 Å². The van der Waals surface area contributed by atoms with Gasteiger partial charge in [0.2, 0.25) is 0 Å². The lowest BCUT2D eigenvalue weighted by Gasteiger charge is -2.35. The van der Waals surface area contributed by atoms with E-state index in [9.17, 15) is 9.90 Å². The highest BCUT2D eigenvalue weighted by atomic mass is 32.2. The van der Waals surface area contributed by atoms with Crippen molar-refractivity contribution < 1.29 is 9.90 Å². The Bertz CT molecular complexity index is 343. The highest BCUT2D eigenvalue weighted by Crippen LogP contribution is 2.44. The molecule has 0 bridgehead atoms. The Labute approximate surface area is 127 Å². The number of thioether (sulfide) groups is 1. The largest absolute Gasteiger partial charge is 0.480 e. The molecule has 2 aliphatic carbocycles. The predicted molar refractivity (Wildman–Crippen MR) is 85.2 cm³/mol. The second-order valence-electron chi connectivity index (χ2n) is 7.05. The highest BCUT2D eigenvalue weighted by Gasteiger charge is 2.51. The van der Waals surface area contributed by atoms with Crippen molar-refractivity contribution in [3.8, 4) is 0 Å². The summed E-state index contributed by atoms with van der Waals surface area (Å²) in [5.74, 6) is 1.21. The van der Waals surface area contributed by atoms with Crippen LogP contribution in [0.1, 0.15) is 59.3 Å². The third-order valence-corrected chi connectivity index (χ3v) is 6.16. The van der Waals surface area contributed by atoms with Gasteiger partial charge in [0.25, 0.3) is 0 Å². The Morgan fingerprint density at radius 2 is 2.05 bits per heavy atom. The predicted octanol–water partition coefficient (Wildman–Crippen LogP) is 3.53. The normalized spacial score (nSPS) is 30.2. The fourth-order valence-electron chi connectivity index (χ4n) is 3.45. The summed E-state index contributed by atoms with van der Waals surface area (Å²) in [6.45, 7) is 6.42. The summed E-state index contributed by atoms with van der Waals surface area (Å²) in [5, 5.41) is 13.8. The average Bonchev–Trinajstić information content (AvgIpc) is 3.18. The van der Waals surface area contributed by atoms with Crippen molar-refractivity contribution in [2.45, 2.75) is 76.1 Å². The van der Waals surface area contributed by atoms with Crippen LogP contribution in [-0.4, -0.2) is 33.7 Å². The summed E-state index contributed by atoms with van der Waals surface area (Å²) in [5.41, 5.74) is -0.695. The van der Waals surface area contributed by atoms with Crippen molar-refractivity contribution in [2.75, 3.05) is 5.75 Å². The molecule has 2 aliphatic rings. The molecule has 0 amide bonds. The van der Waals surface area contributed by atoms with Gasteiger partial charge in [-0.15, -0.1) is 0 Å². The molecule has 2 rings (SSSR count). The highest BCUT2D eigenvalue weighted by molar-refractivity contribution is 8.00. The van der Waals surface area contributed by atoms with Crippen molar-refractivity contribution >= 4 is 17.7 Å². The van der Waals surface area contributed by atoms with Crippen molar-refractivity contribution in [1.82, 2.24) is 5.32 Å². The van der Waals surface area contributed by atoms with Crippen LogP contribution >= 0.6 is 11.8 Å². The lowest BCUT2D eigenvalue weighted by Crippen LogP contribution is -2.58. The number of hydrogen-bond acceptors (Lipinski definition) is 3. The van der Waals surface area contributed by atoms with E-state index in [1.807, 2.05) is 25.6 Å². The second kappa shape index (κ2) is 6.69. The standard InChI is InChI=1S/C16H29NO2S/c1-11(2)17-16(15(18)19,13-7-8-13)10-20-14-6-4-5-12(3)9-14/h11-14,17H,4-10H2,1-3H3,(H,18,19). The van der Waals surface area contributed by atoms with E-state index in [-0.39, 0.29) is 6.04 Å². The van der Waals surface area contributed by atoms with Crippen LogP contribution in [0.5, 0.6) is 0 Å². The van der Waals surface area contributed by atoms with Gasteiger partial charge in [0.15, 0.2) is 0 Å². The van der Waals surface area contributed by atoms with E-state index >= 15 is 0 Å². The van der Waals surface area contributed by atoms with E-state index in [0.29, 0.717) is 11.2 Å². The maximum absolute atomic E-state index is 11.9. The molecule has 0 heterocycles. The van der Waals surface area contributed by atoms with Gasteiger partial charge >= 0.3 is 5.97 Å². The molecule has 3 nitrogen and oxygen atoms in total. The van der Waals surface area contributed by atoms with Crippen LogP contribution < -0.4 is 5.32 Å². The zero-order chi connectivity index (χ0) is 14.8. The third kappa shape index (κ3) is 3.91. The fraction of sp³-hybridized carbons (Fsp3) is 0.938. The molecule has 2 N–H and O–H groups in total. The van der Waals surface area contributed by atoms with E-state index < -0.39 is 11.5 Å². The maximum Gasteiger partial charge on any atom is 0.325 e. The number of nitrogens with one attached hydrogen (secondary N) is 1. The van der Waals surface area contributed by atoms with Crippen molar-refractivity contribution in [3.63, 3.8) is 0 Å². The van der Waals surface area contributed by atoms with E-state index in [1.165, 1.54) is 25.7 Å². The van der Waals surface area contributed by atoms with Crippen LogP contribution in [0.3, 0.4) is 0 Å². The van der Waals surface area contributed by atoms with Gasteiger partial charge in [-0.1, -0.05) is 19.8 Å². The third-order valence-electron chi connectivity index (χ3n) is 4.64. The number of hydrogen-bond donors (Lipinski definition) is 2. The first-order valence-corrected chi connectivity index (χ1v) is 9.11. The lowest BCUT2D eigenvalue weighted by atomic mass is 9.90. The quantitative estimate of drug-likeness (QED) is 0.755. The van der Waals surface area contributed by atoms with Gasteiger partial charge in [-0.05, 0) is 51.4 Å². The van der Waals surface area contributed by atoms with Gasteiger partial charge in [0.05, 0.1) is 0 Å². The Kier molecular flexibility index (Phi) is 5.41. The van der Waals surface area contributed by atoms with Gasteiger partial charge < -0.3 is 5.11 Å². The number of rotatable bonds is 7. The van der Waals surface area contributed by atoms with E-state index in [2.05, 4.69) is 12.2 Å². The number of carboxylic acid groups (broad SMARTS) is 1. The second-order valence-corrected chi connectivity index (χ2v) is 8.34. The smallest absolute Gasteiger partial charge is 0.325 e. The summed E-state index contributed by atoms with van der Waals surface area (Å²) in [6.07, 6.45) is 7.29. The van der Waals surface area contributed by atoms with Crippen molar-refractivity contribution in [2.24, 2.45) is 11.8 Å². The molecule has 0 radical (unpaired) electrons. The molecule has 3 unspecified atom stereocenters. The minimum absolute atomic E-state index is 0.220. The Balaban J connectivity index is 1.98. The molecule has 20 heavy (non-hydrogen) atoms. The van der Waals surface area contributed by atoms with Gasteiger partial charge in [0, 0.05) is 17.0 Å². The number of carboxylic acids is 1. The zero-order valence-corrected chi connectivity index (χ0v) is 13.8. The molecule has 2 saturated carbocycles. The van der Waals surface area contributed by atoms with E-state index in [4.69, 9.17) is 0 Å². The van der Waals surface area contributed by atoms with Gasteiger partial charge in [-0.25, -0.2) is 0 Å². The number of carbonyl (C=O) groups is 1. The van der Waals surface area contributed by atoms with Crippen LogP contribution in [0.2, 0.25) is 0 Å². The number of aliphatic carboxylic acids is 1. The molecule has 4 heteroatoms. The van der Waals surface area contributed by atoms with Crippen molar-refractivity contribution in [3.05, 3.63) is 0 Å². The SMILES string of the molecule is CC1CCCC(SCC(NC(C)C)(C(=O)O)C2CC2)C1. The first-order chi connectivity index (χ1) is 9.44. The van der Waals surface area contributed by atoms with Gasteiger partial charge in [-0.2, -0.15) is 11.8 Å². The molecular weight excluding hydrogens is 270 g/mol. The Morgan fingerprint density at radius 3 is 2.55 bits per heavy atom. The van der Waals surface area contributed by atoms with Crippen LogP contribution in [0.4, 0.5) is 0 Å². The molecule has 0 aromatic carbocycles. The van der Waals surface area contributed by atoms with Crippen LogP contribution in [0, 0.1) is 11.8 Å². The maximum atomic E-state index is 11.9. The molecule has 0 spiro atoms. The molecule has 0 aromatic rings. The molecule has 116 valence electrons. The summed E-state index contributed by atoms with van der Waals surface area (Å²) in [7, 11) is 0. The molecule has 2 fully saturated rings. The van der Waals surface area contributed by atoms with Gasteiger partial charge in [0.1, 0.15) is 5.54 Å². The monoisotopic (exact) mass is 299 g/mol. The topological polar surface area (TPSA) is 49.3 Å². The molecule has 0 saturated heterocycles. The van der Waals surface area contributed by atoms with Crippen LogP contribution in [0.15, 0.2) is 0 Å². The van der Waals surface area contributed by atoms with Gasteiger partial charge in [-0.3, -0.25) is 10.1 Å². The first kappa shape index (κ1) is 16.2. The zero-order valence-electron chi connectivity index (χ0n) is 13.0. The Hall–Kier alpha value is -0.220. The van der Waals surface area contributed by atoms with E-state index in [1.54, 1.807) is 0 Å². The average molecular weight is 299 g/mol. The minimum Gasteiger partial charge on any atom is -0.480 e. The van der Waals surface area contributed by atoms with Crippen molar-refractivity contribution in [1.29, 1.82) is 0 Å². The fourth-order valence-corrected chi connectivity index (χ4v) is 5.18. The Morgan fingerprint density at radius 1 is 1.35 bits per heavy atom.